The van der Waals surface area contributed by atoms with E-state index in [-0.39, 0.29) is 24.6 Å². The lowest BCUT2D eigenvalue weighted by molar-refractivity contribution is -0.123. The molecular weight excluding hydrogens is 329 g/mol. The average Bonchev–Trinajstić information content (AvgIpc) is 2.90. The summed E-state index contributed by atoms with van der Waals surface area (Å²) in [6, 6.07) is 4.46. The summed E-state index contributed by atoms with van der Waals surface area (Å²) in [6.45, 7) is 2.30. The number of ether oxygens (including phenoxy) is 2. The largest absolute Gasteiger partial charge is 0.493 e. The van der Waals surface area contributed by atoms with Gasteiger partial charge in [0.05, 0.1) is 23.7 Å². The number of nitrogens with zero attached hydrogens (tertiary/aromatic N) is 1. The second-order valence-corrected chi connectivity index (χ2v) is 5.69. The smallest absolute Gasteiger partial charge is 0.254 e. The van der Waals surface area contributed by atoms with E-state index < -0.39 is 18.0 Å². The van der Waals surface area contributed by atoms with E-state index in [9.17, 15) is 14.0 Å². The molecule has 0 radical (unpaired) electrons. The zero-order valence-electron chi connectivity index (χ0n) is 13.6. The van der Waals surface area contributed by atoms with Crippen LogP contribution in [0.15, 0.2) is 24.4 Å². The van der Waals surface area contributed by atoms with Gasteiger partial charge in [0.1, 0.15) is 18.1 Å². The van der Waals surface area contributed by atoms with E-state index >= 15 is 0 Å². The Hall–Kier alpha value is -2.90. The van der Waals surface area contributed by atoms with Gasteiger partial charge in [0.25, 0.3) is 11.8 Å². The molecule has 0 bridgehead atoms. The second-order valence-electron chi connectivity index (χ2n) is 5.69. The van der Waals surface area contributed by atoms with Crippen molar-refractivity contribution in [2.24, 2.45) is 5.73 Å². The van der Waals surface area contributed by atoms with E-state index in [0.717, 1.165) is 0 Å². The second kappa shape index (κ2) is 6.92. The van der Waals surface area contributed by atoms with Crippen LogP contribution in [0.1, 0.15) is 23.7 Å². The first-order valence-corrected chi connectivity index (χ1v) is 7.92. The number of hydrogen-bond donors (Lipinski definition) is 2. The highest BCUT2D eigenvalue weighted by molar-refractivity contribution is 6.01. The number of amides is 2. The van der Waals surface area contributed by atoms with Gasteiger partial charge in [-0.1, -0.05) is 0 Å². The number of rotatable bonds is 6. The fourth-order valence-corrected chi connectivity index (χ4v) is 2.75. The van der Waals surface area contributed by atoms with Gasteiger partial charge in [-0.15, -0.1) is 0 Å². The van der Waals surface area contributed by atoms with Crippen LogP contribution in [0.2, 0.25) is 0 Å². The van der Waals surface area contributed by atoms with E-state index in [0.29, 0.717) is 29.0 Å². The van der Waals surface area contributed by atoms with Crippen molar-refractivity contribution in [1.82, 2.24) is 10.3 Å². The first-order chi connectivity index (χ1) is 12.0. The molecule has 132 valence electrons. The zero-order chi connectivity index (χ0) is 18.0. The van der Waals surface area contributed by atoms with Gasteiger partial charge in [0.15, 0.2) is 6.17 Å². The lowest BCUT2D eigenvalue weighted by Gasteiger charge is -2.15. The van der Waals surface area contributed by atoms with Crippen LogP contribution in [0, 0.1) is 0 Å². The van der Waals surface area contributed by atoms with Gasteiger partial charge >= 0.3 is 0 Å². The molecule has 2 unspecified atom stereocenters. The fourth-order valence-electron chi connectivity index (χ4n) is 2.75. The van der Waals surface area contributed by atoms with E-state index in [1.807, 2.05) is 0 Å². The van der Waals surface area contributed by atoms with Crippen molar-refractivity contribution in [2.45, 2.75) is 25.6 Å². The third-order valence-electron chi connectivity index (χ3n) is 3.93. The maximum Gasteiger partial charge on any atom is 0.254 e. The molecule has 1 saturated heterocycles. The summed E-state index contributed by atoms with van der Waals surface area (Å²) < 4.78 is 24.5. The summed E-state index contributed by atoms with van der Waals surface area (Å²) in [5.41, 5.74) is 6.15. The van der Waals surface area contributed by atoms with Gasteiger partial charge in [-0.25, -0.2) is 4.39 Å². The molecule has 8 heteroatoms. The molecule has 0 aliphatic carbocycles. The quantitative estimate of drug-likeness (QED) is 0.821. The highest BCUT2D eigenvalue weighted by atomic mass is 19.1. The van der Waals surface area contributed by atoms with Crippen molar-refractivity contribution in [3.8, 4) is 11.5 Å². The molecule has 2 amide bonds. The third-order valence-corrected chi connectivity index (χ3v) is 3.93. The summed E-state index contributed by atoms with van der Waals surface area (Å²) in [5, 5.41) is 3.17. The van der Waals surface area contributed by atoms with Crippen LogP contribution in [-0.4, -0.2) is 42.2 Å². The van der Waals surface area contributed by atoms with Crippen molar-refractivity contribution >= 4 is 22.7 Å². The Morgan fingerprint density at radius 1 is 1.40 bits per heavy atom. The third kappa shape index (κ3) is 3.47. The minimum atomic E-state index is -1.49. The summed E-state index contributed by atoms with van der Waals surface area (Å²) in [4.78, 5) is 27.0. The van der Waals surface area contributed by atoms with Crippen LogP contribution in [-0.2, 0) is 4.79 Å². The highest BCUT2D eigenvalue weighted by Crippen LogP contribution is 2.31. The molecule has 0 spiro atoms. The van der Waals surface area contributed by atoms with E-state index in [1.54, 1.807) is 25.1 Å². The molecule has 1 aromatic heterocycles. The number of aromatic nitrogens is 1. The number of pyridine rings is 1. The Kier molecular flexibility index (Phi) is 4.69. The number of alkyl halides is 1. The predicted octanol–water partition coefficient (Wildman–Crippen LogP) is 1.34. The summed E-state index contributed by atoms with van der Waals surface area (Å²) >= 11 is 0. The molecule has 7 nitrogen and oxygen atoms in total. The predicted molar refractivity (Wildman–Crippen MR) is 88.4 cm³/mol. The summed E-state index contributed by atoms with van der Waals surface area (Å²) in [6.07, 6.45) is 0.122. The maximum absolute atomic E-state index is 13.3. The van der Waals surface area contributed by atoms with Gasteiger partial charge in [-0.2, -0.15) is 0 Å². The minimum Gasteiger partial charge on any atom is -0.493 e. The Balaban J connectivity index is 1.89. The maximum atomic E-state index is 13.3. The number of halogens is 1. The molecule has 0 saturated carbocycles. The number of benzene rings is 1. The van der Waals surface area contributed by atoms with Gasteiger partial charge in [-0.05, 0) is 25.1 Å². The Morgan fingerprint density at radius 2 is 2.20 bits per heavy atom. The number of fused-ring (bicyclic) bond motifs is 1. The highest BCUT2D eigenvalue weighted by Gasteiger charge is 2.32. The molecule has 25 heavy (non-hydrogen) atoms. The minimum absolute atomic E-state index is 0.0812. The Morgan fingerprint density at radius 3 is 2.84 bits per heavy atom. The lowest BCUT2D eigenvalue weighted by Crippen LogP contribution is -2.31. The van der Waals surface area contributed by atoms with E-state index in [4.69, 9.17) is 15.2 Å². The first-order valence-electron chi connectivity index (χ1n) is 7.92. The van der Waals surface area contributed by atoms with Crippen LogP contribution >= 0.6 is 0 Å². The van der Waals surface area contributed by atoms with Crippen molar-refractivity contribution in [3.63, 3.8) is 0 Å². The SMILES string of the molecule is CCOc1cc2c(OCC3CC(F)C(=O)N3)ccnc2cc1C(N)=O. The molecule has 3 rings (SSSR count). The number of nitrogens with one attached hydrogen (secondary N) is 1. The van der Waals surface area contributed by atoms with Gasteiger partial charge in [0.2, 0.25) is 0 Å². The van der Waals surface area contributed by atoms with Crippen molar-refractivity contribution in [3.05, 3.63) is 30.0 Å². The molecule has 1 aliphatic heterocycles. The van der Waals surface area contributed by atoms with Crippen LogP contribution < -0.4 is 20.5 Å². The summed E-state index contributed by atoms with van der Waals surface area (Å²) in [5.74, 6) is -0.379. The van der Waals surface area contributed by atoms with E-state index in [1.165, 1.54) is 6.20 Å². The van der Waals surface area contributed by atoms with Crippen LogP contribution in [0.5, 0.6) is 11.5 Å². The topological polar surface area (TPSA) is 104 Å². The number of primary amides is 1. The number of hydrogen-bond acceptors (Lipinski definition) is 5. The molecular formula is C17H18FN3O4. The van der Waals surface area contributed by atoms with Crippen molar-refractivity contribution in [2.75, 3.05) is 13.2 Å². The number of carbonyl (C=O) groups is 2. The Bertz CT molecular complexity index is 827. The van der Waals surface area contributed by atoms with Gasteiger partial charge < -0.3 is 20.5 Å². The van der Waals surface area contributed by atoms with Gasteiger partial charge in [0, 0.05) is 18.0 Å². The Labute approximate surface area is 143 Å². The van der Waals surface area contributed by atoms with Crippen LogP contribution in [0.3, 0.4) is 0 Å². The van der Waals surface area contributed by atoms with E-state index in [2.05, 4.69) is 10.3 Å². The molecule has 1 aromatic carbocycles. The first kappa shape index (κ1) is 16.9. The fraction of sp³-hybridized carbons (Fsp3) is 0.353. The van der Waals surface area contributed by atoms with Crippen LogP contribution in [0.4, 0.5) is 4.39 Å². The van der Waals surface area contributed by atoms with Gasteiger partial charge in [-0.3, -0.25) is 14.6 Å². The standard InChI is InChI=1S/C17H18FN3O4/c1-2-24-15-7-10-13(6-11(15)16(19)22)20-4-3-14(10)25-8-9-5-12(18)17(23)21-9/h3-4,6-7,9,12H,2,5,8H2,1H3,(H2,19,22)(H,21,23). The normalized spacial score (nSPS) is 19.7. The molecule has 2 atom stereocenters. The van der Waals surface area contributed by atoms with Crippen LogP contribution in [0.25, 0.3) is 10.9 Å². The number of nitrogens with two attached hydrogens (primary N) is 1. The van der Waals surface area contributed by atoms with Crippen molar-refractivity contribution in [1.29, 1.82) is 0 Å². The number of carbonyl (C=O) groups excluding carboxylic acids is 2. The monoisotopic (exact) mass is 347 g/mol. The molecule has 2 heterocycles. The lowest BCUT2D eigenvalue weighted by atomic mass is 10.1. The van der Waals surface area contributed by atoms with Crippen molar-refractivity contribution < 1.29 is 23.5 Å². The molecule has 3 N–H and O–H groups in total. The molecule has 1 fully saturated rings. The molecule has 2 aromatic rings. The zero-order valence-corrected chi connectivity index (χ0v) is 13.6. The summed E-state index contributed by atoms with van der Waals surface area (Å²) in [7, 11) is 0. The molecule has 1 aliphatic rings. The average molecular weight is 347 g/mol.